The molecule has 0 fully saturated rings. The molecule has 2 aromatic carbocycles. The number of hydrogen-bond acceptors (Lipinski definition) is 6. The van der Waals surface area contributed by atoms with Crippen LogP contribution in [0.25, 0.3) is 11.4 Å². The Kier molecular flexibility index (Phi) is 5.47. The van der Waals surface area contributed by atoms with Crippen LogP contribution in [0.4, 0.5) is 4.39 Å². The zero-order valence-electron chi connectivity index (χ0n) is 14.8. The summed E-state index contributed by atoms with van der Waals surface area (Å²) < 4.78 is 35.5. The Labute approximate surface area is 160 Å². The summed E-state index contributed by atoms with van der Waals surface area (Å²) in [5, 5.41) is 19.6. The zero-order chi connectivity index (χ0) is 20.3. The van der Waals surface area contributed by atoms with Crippen molar-refractivity contribution in [2.24, 2.45) is 5.14 Å². The van der Waals surface area contributed by atoms with E-state index in [0.717, 1.165) is 4.80 Å². The van der Waals surface area contributed by atoms with E-state index in [1.54, 1.807) is 19.1 Å². The second-order valence-electron chi connectivity index (χ2n) is 6.05. The lowest BCUT2D eigenvalue weighted by Gasteiger charge is -2.14. The van der Waals surface area contributed by atoms with Gasteiger partial charge >= 0.3 is 0 Å². The third kappa shape index (κ3) is 4.75. The minimum atomic E-state index is -3.77. The van der Waals surface area contributed by atoms with Crippen LogP contribution in [0.3, 0.4) is 0 Å². The van der Waals surface area contributed by atoms with Gasteiger partial charge in [0.1, 0.15) is 12.4 Å². The van der Waals surface area contributed by atoms with Crippen LogP contribution in [0.5, 0.6) is 0 Å². The summed E-state index contributed by atoms with van der Waals surface area (Å²) in [6.45, 7) is 1.59. The summed E-state index contributed by atoms with van der Waals surface area (Å²) in [5.74, 6) is -0.452. The molecule has 0 radical (unpaired) electrons. The Balaban J connectivity index is 1.61. The van der Waals surface area contributed by atoms with Gasteiger partial charge in [-0.2, -0.15) is 4.80 Å². The molecular formula is C17H17FN6O3S. The summed E-state index contributed by atoms with van der Waals surface area (Å²) >= 11 is 0. The Morgan fingerprint density at radius 3 is 2.43 bits per heavy atom. The minimum absolute atomic E-state index is 0.00471. The number of halogens is 1. The summed E-state index contributed by atoms with van der Waals surface area (Å²) in [6, 6.07) is 11.1. The number of nitrogens with zero attached hydrogens (tertiary/aromatic N) is 4. The molecule has 0 aliphatic rings. The number of sulfonamides is 1. The average Bonchev–Trinajstić information content (AvgIpc) is 3.10. The number of nitrogens with one attached hydrogen (secondary N) is 1. The molecule has 28 heavy (non-hydrogen) atoms. The second-order valence-corrected chi connectivity index (χ2v) is 7.62. The van der Waals surface area contributed by atoms with E-state index in [-0.39, 0.29) is 35.0 Å². The number of aromatic nitrogens is 4. The average molecular weight is 404 g/mol. The molecule has 0 bridgehead atoms. The van der Waals surface area contributed by atoms with Crippen LogP contribution in [0.15, 0.2) is 53.4 Å². The molecule has 146 valence electrons. The molecule has 0 aliphatic carbocycles. The van der Waals surface area contributed by atoms with E-state index in [1.165, 1.54) is 36.4 Å². The molecule has 0 saturated heterocycles. The Morgan fingerprint density at radius 1 is 1.18 bits per heavy atom. The molecule has 0 spiro atoms. The summed E-state index contributed by atoms with van der Waals surface area (Å²) in [6.07, 6.45) is 0. The molecule has 1 amide bonds. The van der Waals surface area contributed by atoms with Gasteiger partial charge in [-0.25, -0.2) is 17.9 Å². The molecule has 11 heteroatoms. The van der Waals surface area contributed by atoms with Crippen molar-refractivity contribution >= 4 is 15.9 Å². The number of rotatable bonds is 6. The Bertz CT molecular complexity index is 1080. The Hall–Kier alpha value is -3.18. The maximum atomic E-state index is 13.0. The number of carbonyl (C=O) groups is 1. The van der Waals surface area contributed by atoms with Gasteiger partial charge in [0.25, 0.3) is 0 Å². The molecule has 0 saturated carbocycles. The predicted molar refractivity (Wildman–Crippen MR) is 97.6 cm³/mol. The first-order valence-electron chi connectivity index (χ1n) is 8.18. The summed E-state index contributed by atoms with van der Waals surface area (Å²) in [7, 11) is -3.77. The number of amides is 1. The van der Waals surface area contributed by atoms with Crippen LogP contribution < -0.4 is 10.5 Å². The third-order valence-electron chi connectivity index (χ3n) is 3.93. The zero-order valence-corrected chi connectivity index (χ0v) is 15.6. The van der Waals surface area contributed by atoms with Crippen LogP contribution in [0.2, 0.25) is 0 Å². The molecule has 9 nitrogen and oxygen atoms in total. The van der Waals surface area contributed by atoms with Gasteiger partial charge in [-0.15, -0.1) is 10.2 Å². The monoisotopic (exact) mass is 404 g/mol. The van der Waals surface area contributed by atoms with Gasteiger partial charge in [0.15, 0.2) is 0 Å². The molecule has 1 aromatic heterocycles. The summed E-state index contributed by atoms with van der Waals surface area (Å²) in [5.41, 5.74) is 1.29. The molecule has 3 aromatic rings. The van der Waals surface area contributed by atoms with Crippen molar-refractivity contribution in [3.8, 4) is 11.4 Å². The van der Waals surface area contributed by atoms with Gasteiger partial charge in [0.2, 0.25) is 21.8 Å². The standard InChI is InChI=1S/C17H17FN6O3S/c1-11(12-4-8-15(9-5-12)28(19,26)27)20-16(25)10-24-22-17(21-23-24)13-2-6-14(18)7-3-13/h2-9,11H,10H2,1H3,(H,20,25)(H2,19,26,27)/t11-/m1/s1. The highest BCUT2D eigenvalue weighted by Crippen LogP contribution is 2.16. The van der Waals surface area contributed by atoms with E-state index in [2.05, 4.69) is 20.7 Å². The van der Waals surface area contributed by atoms with Crippen molar-refractivity contribution in [2.75, 3.05) is 0 Å². The van der Waals surface area contributed by atoms with Gasteiger partial charge in [0, 0.05) is 5.56 Å². The molecular weight excluding hydrogens is 387 g/mol. The van der Waals surface area contributed by atoms with E-state index < -0.39 is 10.0 Å². The fourth-order valence-corrected chi connectivity index (χ4v) is 2.99. The van der Waals surface area contributed by atoms with Crippen molar-refractivity contribution in [1.29, 1.82) is 0 Å². The summed E-state index contributed by atoms with van der Waals surface area (Å²) in [4.78, 5) is 13.3. The number of primary sulfonamides is 1. The smallest absolute Gasteiger partial charge is 0.244 e. The fourth-order valence-electron chi connectivity index (χ4n) is 2.47. The molecule has 1 heterocycles. The molecule has 0 unspecified atom stereocenters. The van der Waals surface area contributed by atoms with E-state index in [1.807, 2.05) is 0 Å². The number of tetrazole rings is 1. The number of carbonyl (C=O) groups excluding carboxylic acids is 1. The number of hydrogen-bond donors (Lipinski definition) is 2. The van der Waals surface area contributed by atoms with Crippen molar-refractivity contribution in [3.05, 3.63) is 59.9 Å². The highest BCUT2D eigenvalue weighted by atomic mass is 32.2. The van der Waals surface area contributed by atoms with Crippen molar-refractivity contribution in [1.82, 2.24) is 25.5 Å². The quantitative estimate of drug-likeness (QED) is 0.630. The number of nitrogens with two attached hydrogens (primary N) is 1. The van der Waals surface area contributed by atoms with E-state index in [9.17, 15) is 17.6 Å². The molecule has 0 aliphatic heterocycles. The second kappa shape index (κ2) is 7.82. The number of benzene rings is 2. The van der Waals surface area contributed by atoms with E-state index in [0.29, 0.717) is 11.1 Å². The van der Waals surface area contributed by atoms with Crippen LogP contribution in [-0.4, -0.2) is 34.5 Å². The Morgan fingerprint density at radius 2 is 1.82 bits per heavy atom. The van der Waals surface area contributed by atoms with Crippen LogP contribution in [0, 0.1) is 5.82 Å². The lowest BCUT2D eigenvalue weighted by atomic mass is 10.1. The molecule has 1 atom stereocenters. The first kappa shape index (κ1) is 19.6. The largest absolute Gasteiger partial charge is 0.348 e. The van der Waals surface area contributed by atoms with Gasteiger partial charge in [-0.1, -0.05) is 12.1 Å². The lowest BCUT2D eigenvalue weighted by molar-refractivity contribution is -0.122. The maximum Gasteiger partial charge on any atom is 0.244 e. The normalized spacial score (nSPS) is 12.5. The fraction of sp³-hybridized carbons (Fsp3) is 0.176. The molecule has 3 rings (SSSR count). The van der Waals surface area contributed by atoms with E-state index in [4.69, 9.17) is 5.14 Å². The van der Waals surface area contributed by atoms with Crippen molar-refractivity contribution in [3.63, 3.8) is 0 Å². The van der Waals surface area contributed by atoms with Crippen molar-refractivity contribution in [2.45, 2.75) is 24.4 Å². The SMILES string of the molecule is C[C@@H](NC(=O)Cn1nnc(-c2ccc(F)cc2)n1)c1ccc(S(N)(=O)=O)cc1. The van der Waals surface area contributed by atoms with Gasteiger partial charge < -0.3 is 5.32 Å². The topological polar surface area (TPSA) is 133 Å². The van der Waals surface area contributed by atoms with E-state index >= 15 is 0 Å². The van der Waals surface area contributed by atoms with Crippen LogP contribution in [0.1, 0.15) is 18.5 Å². The molecule has 3 N–H and O–H groups in total. The first-order chi connectivity index (χ1) is 13.2. The highest BCUT2D eigenvalue weighted by Gasteiger charge is 2.14. The lowest BCUT2D eigenvalue weighted by Crippen LogP contribution is -2.30. The van der Waals surface area contributed by atoms with Gasteiger partial charge in [-0.05, 0) is 54.1 Å². The van der Waals surface area contributed by atoms with Crippen molar-refractivity contribution < 1.29 is 17.6 Å². The first-order valence-corrected chi connectivity index (χ1v) is 9.73. The minimum Gasteiger partial charge on any atom is -0.348 e. The van der Waals surface area contributed by atoms with Gasteiger partial charge in [-0.3, -0.25) is 4.79 Å². The predicted octanol–water partition coefficient (Wildman–Crippen LogP) is 1.00. The van der Waals surface area contributed by atoms with Gasteiger partial charge in [0.05, 0.1) is 10.9 Å². The van der Waals surface area contributed by atoms with Crippen LogP contribution in [-0.2, 0) is 21.4 Å². The van der Waals surface area contributed by atoms with Crippen LogP contribution >= 0.6 is 0 Å². The maximum absolute atomic E-state index is 13.0. The third-order valence-corrected chi connectivity index (χ3v) is 4.86. The highest BCUT2D eigenvalue weighted by molar-refractivity contribution is 7.89.